The van der Waals surface area contributed by atoms with Crippen molar-refractivity contribution in [1.29, 1.82) is 0 Å². The molecule has 0 fully saturated rings. The van der Waals surface area contributed by atoms with Gasteiger partial charge in [-0.3, -0.25) is 5.10 Å². The van der Waals surface area contributed by atoms with Gasteiger partial charge in [-0.15, -0.1) is 0 Å². The molecule has 0 saturated carbocycles. The van der Waals surface area contributed by atoms with E-state index in [4.69, 9.17) is 23.8 Å². The molecule has 2 heterocycles. The zero-order valence-corrected chi connectivity index (χ0v) is 8.71. The molecule has 0 aromatic carbocycles. The molecule has 13 heavy (non-hydrogen) atoms. The molecule has 1 N–H and O–H groups in total. The highest BCUT2D eigenvalue weighted by molar-refractivity contribution is 7.71. The molecule has 0 aliphatic rings. The Bertz CT molecular complexity index is 463. The number of halogens is 1. The third kappa shape index (κ3) is 1.77. The normalized spacial score (nSPS) is 10.2. The van der Waals surface area contributed by atoms with Crippen molar-refractivity contribution < 1.29 is 0 Å². The van der Waals surface area contributed by atoms with Crippen LogP contribution in [0.1, 0.15) is 0 Å². The van der Waals surface area contributed by atoms with Crippen molar-refractivity contribution >= 4 is 35.4 Å². The van der Waals surface area contributed by atoms with Crippen molar-refractivity contribution in [3.05, 3.63) is 28.1 Å². The minimum absolute atomic E-state index is 0.400. The highest BCUT2D eigenvalue weighted by Crippen LogP contribution is 2.24. The SMILES string of the molecule is S=c1[nH]nc(Cl)cc1-c1ccns1. The standard InChI is InChI=1S/C7H4ClN3S2/c8-6-3-4(7(12)11-10-6)5-1-2-9-13-5/h1-3H,(H,11,12). The van der Waals surface area contributed by atoms with Crippen molar-refractivity contribution in [1.82, 2.24) is 14.6 Å². The molecule has 0 unspecified atom stereocenters. The Morgan fingerprint density at radius 2 is 2.38 bits per heavy atom. The lowest BCUT2D eigenvalue weighted by molar-refractivity contribution is 1.02. The van der Waals surface area contributed by atoms with E-state index in [1.807, 2.05) is 6.07 Å². The van der Waals surface area contributed by atoms with Crippen molar-refractivity contribution in [3.8, 4) is 10.4 Å². The third-order valence-electron chi connectivity index (χ3n) is 1.48. The molecular weight excluding hydrogens is 226 g/mol. The van der Waals surface area contributed by atoms with E-state index >= 15 is 0 Å². The van der Waals surface area contributed by atoms with Crippen LogP contribution in [-0.4, -0.2) is 14.6 Å². The van der Waals surface area contributed by atoms with Crippen LogP contribution in [0.3, 0.4) is 0 Å². The Morgan fingerprint density at radius 1 is 1.54 bits per heavy atom. The second-order valence-corrected chi connectivity index (χ2v) is 3.94. The van der Waals surface area contributed by atoms with Crippen LogP contribution in [0, 0.1) is 4.64 Å². The summed E-state index contributed by atoms with van der Waals surface area (Å²) in [5.74, 6) is 0. The Hall–Kier alpha value is -0.780. The van der Waals surface area contributed by atoms with E-state index < -0.39 is 0 Å². The monoisotopic (exact) mass is 229 g/mol. The summed E-state index contributed by atoms with van der Waals surface area (Å²) >= 11 is 12.2. The summed E-state index contributed by atoms with van der Waals surface area (Å²) in [7, 11) is 0. The number of aromatic amines is 1. The number of hydrogen-bond acceptors (Lipinski definition) is 4. The lowest BCUT2D eigenvalue weighted by atomic mass is 10.3. The van der Waals surface area contributed by atoms with Crippen LogP contribution in [-0.2, 0) is 0 Å². The minimum atomic E-state index is 0.400. The first-order valence-electron chi connectivity index (χ1n) is 3.43. The smallest absolute Gasteiger partial charge is 0.150 e. The molecule has 0 amide bonds. The number of nitrogens with zero attached hydrogens (tertiary/aromatic N) is 2. The topological polar surface area (TPSA) is 41.6 Å². The van der Waals surface area contributed by atoms with Crippen molar-refractivity contribution in [2.45, 2.75) is 0 Å². The molecule has 3 nitrogen and oxygen atoms in total. The molecule has 2 rings (SSSR count). The molecule has 2 aromatic heterocycles. The first-order chi connectivity index (χ1) is 6.27. The maximum atomic E-state index is 5.73. The molecule has 0 atom stereocenters. The molecular formula is C7H4ClN3S2. The van der Waals surface area contributed by atoms with E-state index in [1.165, 1.54) is 11.5 Å². The molecule has 0 saturated heterocycles. The summed E-state index contributed by atoms with van der Waals surface area (Å²) in [5, 5.41) is 6.84. The van der Waals surface area contributed by atoms with E-state index in [2.05, 4.69) is 14.6 Å². The zero-order chi connectivity index (χ0) is 9.26. The van der Waals surface area contributed by atoms with Crippen LogP contribution in [0.4, 0.5) is 0 Å². The van der Waals surface area contributed by atoms with Gasteiger partial charge in [-0.2, -0.15) is 5.10 Å². The van der Waals surface area contributed by atoms with E-state index in [-0.39, 0.29) is 0 Å². The fourth-order valence-electron chi connectivity index (χ4n) is 0.919. The summed E-state index contributed by atoms with van der Waals surface area (Å²) in [6.07, 6.45) is 1.73. The predicted octanol–water partition coefficient (Wildman–Crippen LogP) is 2.92. The summed E-state index contributed by atoms with van der Waals surface area (Å²) in [6.45, 7) is 0. The zero-order valence-electron chi connectivity index (χ0n) is 6.32. The van der Waals surface area contributed by atoms with Gasteiger partial charge in [-0.05, 0) is 23.7 Å². The van der Waals surface area contributed by atoms with Gasteiger partial charge in [-0.1, -0.05) is 23.8 Å². The van der Waals surface area contributed by atoms with Gasteiger partial charge in [0.15, 0.2) is 0 Å². The van der Waals surface area contributed by atoms with Gasteiger partial charge in [0.05, 0.1) is 4.88 Å². The highest BCUT2D eigenvalue weighted by atomic mass is 35.5. The maximum Gasteiger partial charge on any atom is 0.150 e. The minimum Gasteiger partial charge on any atom is -0.266 e. The first-order valence-corrected chi connectivity index (χ1v) is 4.99. The Morgan fingerprint density at radius 3 is 3.08 bits per heavy atom. The molecule has 6 heteroatoms. The predicted molar refractivity (Wildman–Crippen MR) is 55.5 cm³/mol. The molecule has 2 aromatic rings. The van der Waals surface area contributed by atoms with Gasteiger partial charge >= 0.3 is 0 Å². The van der Waals surface area contributed by atoms with Gasteiger partial charge in [0, 0.05) is 11.8 Å². The Balaban J connectivity index is 2.64. The molecule has 0 spiro atoms. The number of aromatic nitrogens is 3. The van der Waals surface area contributed by atoms with Gasteiger partial charge in [0.25, 0.3) is 0 Å². The molecule has 0 bridgehead atoms. The van der Waals surface area contributed by atoms with Crippen molar-refractivity contribution in [3.63, 3.8) is 0 Å². The summed E-state index contributed by atoms with van der Waals surface area (Å²) < 4.78 is 4.56. The number of H-pyrrole nitrogens is 1. The average molecular weight is 230 g/mol. The Labute approximate surface area is 88.6 Å². The number of nitrogens with one attached hydrogen (secondary N) is 1. The third-order valence-corrected chi connectivity index (χ3v) is 2.76. The van der Waals surface area contributed by atoms with Gasteiger partial charge < -0.3 is 0 Å². The molecule has 0 aliphatic heterocycles. The summed E-state index contributed by atoms with van der Waals surface area (Å²) in [6, 6.07) is 3.62. The van der Waals surface area contributed by atoms with Crippen molar-refractivity contribution in [2.24, 2.45) is 0 Å². The number of rotatable bonds is 1. The van der Waals surface area contributed by atoms with Crippen LogP contribution in [0.15, 0.2) is 18.3 Å². The second kappa shape index (κ2) is 3.53. The molecule has 66 valence electrons. The fourth-order valence-corrected chi connectivity index (χ4v) is 1.97. The lowest BCUT2D eigenvalue weighted by Crippen LogP contribution is -1.85. The molecule has 0 aliphatic carbocycles. The quantitative estimate of drug-likeness (QED) is 0.765. The first kappa shape index (κ1) is 8.80. The summed E-state index contributed by atoms with van der Waals surface area (Å²) in [5.41, 5.74) is 0.873. The largest absolute Gasteiger partial charge is 0.266 e. The van der Waals surface area contributed by atoms with Crippen LogP contribution >= 0.6 is 35.4 Å². The van der Waals surface area contributed by atoms with Crippen molar-refractivity contribution in [2.75, 3.05) is 0 Å². The van der Waals surface area contributed by atoms with Crippen LogP contribution < -0.4 is 0 Å². The average Bonchev–Trinajstić information content (AvgIpc) is 2.61. The van der Waals surface area contributed by atoms with Gasteiger partial charge in [0.1, 0.15) is 9.79 Å². The van der Waals surface area contributed by atoms with E-state index in [0.717, 1.165) is 10.4 Å². The summed E-state index contributed by atoms with van der Waals surface area (Å²) in [4.78, 5) is 0.991. The van der Waals surface area contributed by atoms with E-state index in [9.17, 15) is 0 Å². The maximum absolute atomic E-state index is 5.73. The van der Waals surface area contributed by atoms with Crippen LogP contribution in [0.2, 0.25) is 5.15 Å². The van der Waals surface area contributed by atoms with Crippen LogP contribution in [0.5, 0.6) is 0 Å². The fraction of sp³-hybridized carbons (Fsp3) is 0. The van der Waals surface area contributed by atoms with E-state index in [1.54, 1.807) is 12.3 Å². The van der Waals surface area contributed by atoms with Crippen LogP contribution in [0.25, 0.3) is 10.4 Å². The van der Waals surface area contributed by atoms with Gasteiger partial charge in [0.2, 0.25) is 0 Å². The highest BCUT2D eigenvalue weighted by Gasteiger charge is 2.03. The second-order valence-electron chi connectivity index (χ2n) is 2.31. The molecule has 0 radical (unpaired) electrons. The Kier molecular flexibility index (Phi) is 2.39. The van der Waals surface area contributed by atoms with Gasteiger partial charge in [-0.25, -0.2) is 4.37 Å². The van der Waals surface area contributed by atoms with E-state index in [0.29, 0.717) is 9.79 Å². The lowest BCUT2D eigenvalue weighted by Gasteiger charge is -1.96. The number of hydrogen-bond donors (Lipinski definition) is 1.